The number of aromatic carboxylic acids is 1. The van der Waals surface area contributed by atoms with Crippen LogP contribution in [-0.2, 0) is 10.0 Å². The van der Waals surface area contributed by atoms with Crippen LogP contribution in [0.15, 0.2) is 27.6 Å². The summed E-state index contributed by atoms with van der Waals surface area (Å²) in [5.74, 6) is -1.12. The Kier molecular flexibility index (Phi) is 5.27. The van der Waals surface area contributed by atoms with E-state index in [1.807, 2.05) is 0 Å². The number of nitrogens with one attached hydrogen (secondary N) is 1. The van der Waals surface area contributed by atoms with Crippen molar-refractivity contribution in [2.45, 2.75) is 11.3 Å². The van der Waals surface area contributed by atoms with E-state index in [1.54, 1.807) is 0 Å². The molecule has 8 heteroatoms. The molecule has 1 aromatic carbocycles. The minimum Gasteiger partial charge on any atom is -0.478 e. The summed E-state index contributed by atoms with van der Waals surface area (Å²) in [6.07, 6.45) is 0.532. The number of carboxylic acid groups (broad SMARTS) is 1. The van der Waals surface area contributed by atoms with Crippen molar-refractivity contribution < 1.29 is 18.3 Å². The summed E-state index contributed by atoms with van der Waals surface area (Å²) in [6, 6.07) is 3.74. The zero-order valence-electron chi connectivity index (χ0n) is 9.39. The highest BCUT2D eigenvalue weighted by Gasteiger charge is 2.18. The minimum absolute atomic E-state index is 0.00419. The number of sulfonamides is 1. The first kappa shape index (κ1) is 15.1. The monoisotopic (exact) mass is 336 g/mol. The number of benzene rings is 1. The fourth-order valence-electron chi connectivity index (χ4n) is 1.24. The second kappa shape index (κ2) is 6.28. The van der Waals surface area contributed by atoms with Crippen LogP contribution in [0, 0.1) is 0 Å². The summed E-state index contributed by atoms with van der Waals surface area (Å²) in [6.45, 7) is 0.633. The van der Waals surface area contributed by atoms with Crippen LogP contribution in [0.1, 0.15) is 16.8 Å². The van der Waals surface area contributed by atoms with Crippen LogP contribution in [0.4, 0.5) is 0 Å². The van der Waals surface area contributed by atoms with Crippen LogP contribution >= 0.6 is 15.9 Å². The molecule has 1 rings (SSSR count). The maximum Gasteiger partial charge on any atom is 0.335 e. The van der Waals surface area contributed by atoms with Gasteiger partial charge in [-0.05, 0) is 47.1 Å². The number of nitrogens with two attached hydrogens (primary N) is 1. The predicted octanol–water partition coefficient (Wildman–Crippen LogP) is 0.774. The van der Waals surface area contributed by atoms with E-state index in [2.05, 4.69) is 20.7 Å². The molecule has 0 fully saturated rings. The fraction of sp³-hybridized carbons (Fsp3) is 0.300. The zero-order chi connectivity index (χ0) is 13.8. The average Bonchev–Trinajstić information content (AvgIpc) is 2.28. The lowest BCUT2D eigenvalue weighted by Crippen LogP contribution is -2.26. The van der Waals surface area contributed by atoms with Crippen LogP contribution in [0.5, 0.6) is 0 Å². The zero-order valence-corrected chi connectivity index (χ0v) is 11.8. The predicted molar refractivity (Wildman–Crippen MR) is 70.0 cm³/mol. The molecule has 0 heterocycles. The van der Waals surface area contributed by atoms with Gasteiger partial charge < -0.3 is 10.8 Å². The summed E-state index contributed by atoms with van der Waals surface area (Å²) in [5.41, 5.74) is 5.29. The summed E-state index contributed by atoms with van der Waals surface area (Å²) in [7, 11) is -3.65. The molecule has 0 radical (unpaired) electrons. The van der Waals surface area contributed by atoms with Crippen LogP contribution < -0.4 is 10.5 Å². The molecule has 0 aliphatic heterocycles. The molecule has 0 aliphatic rings. The smallest absolute Gasteiger partial charge is 0.335 e. The van der Waals surface area contributed by atoms with E-state index in [9.17, 15) is 13.2 Å². The van der Waals surface area contributed by atoms with Gasteiger partial charge in [-0.25, -0.2) is 17.9 Å². The van der Waals surface area contributed by atoms with Gasteiger partial charge in [0.05, 0.1) is 10.5 Å². The quantitative estimate of drug-likeness (QED) is 0.665. The molecule has 0 aromatic heterocycles. The van der Waals surface area contributed by atoms with Gasteiger partial charge in [0.1, 0.15) is 0 Å². The normalized spacial score (nSPS) is 11.4. The van der Waals surface area contributed by atoms with Crippen LogP contribution in [0.2, 0.25) is 0 Å². The topological polar surface area (TPSA) is 109 Å². The second-order valence-electron chi connectivity index (χ2n) is 3.49. The molecule has 0 amide bonds. The van der Waals surface area contributed by atoms with Gasteiger partial charge in [0.25, 0.3) is 0 Å². The molecule has 0 unspecified atom stereocenters. The van der Waals surface area contributed by atoms with Crippen molar-refractivity contribution in [2.24, 2.45) is 5.73 Å². The van der Waals surface area contributed by atoms with Crippen LogP contribution in [0.3, 0.4) is 0 Å². The maximum atomic E-state index is 11.9. The van der Waals surface area contributed by atoms with Crippen molar-refractivity contribution in [3.63, 3.8) is 0 Å². The van der Waals surface area contributed by atoms with Gasteiger partial charge in [0, 0.05) is 11.0 Å². The second-order valence-corrected chi connectivity index (χ2v) is 6.08. The number of carboxylic acids is 1. The van der Waals surface area contributed by atoms with Crippen molar-refractivity contribution in [1.82, 2.24) is 4.72 Å². The number of hydrogen-bond acceptors (Lipinski definition) is 4. The first-order valence-corrected chi connectivity index (χ1v) is 7.38. The van der Waals surface area contributed by atoms with Gasteiger partial charge in [-0.3, -0.25) is 0 Å². The van der Waals surface area contributed by atoms with Gasteiger partial charge in [-0.15, -0.1) is 0 Å². The van der Waals surface area contributed by atoms with Crippen LogP contribution in [-0.4, -0.2) is 32.6 Å². The highest BCUT2D eigenvalue weighted by Crippen LogP contribution is 2.23. The SMILES string of the molecule is NCCCNS(=O)(=O)c1ccc(C(=O)O)cc1Br. The van der Waals surface area contributed by atoms with E-state index < -0.39 is 16.0 Å². The largest absolute Gasteiger partial charge is 0.478 e. The summed E-state index contributed by atoms with van der Waals surface area (Å²) in [4.78, 5) is 10.7. The third-order valence-corrected chi connectivity index (χ3v) is 4.58. The maximum absolute atomic E-state index is 11.9. The lowest BCUT2D eigenvalue weighted by atomic mass is 10.2. The summed E-state index contributed by atoms with van der Waals surface area (Å²) in [5, 5.41) is 8.78. The lowest BCUT2D eigenvalue weighted by molar-refractivity contribution is 0.0696. The van der Waals surface area contributed by atoms with Gasteiger partial charge >= 0.3 is 5.97 Å². The van der Waals surface area contributed by atoms with Gasteiger partial charge in [-0.2, -0.15) is 0 Å². The van der Waals surface area contributed by atoms with Crippen molar-refractivity contribution in [3.05, 3.63) is 28.2 Å². The van der Waals surface area contributed by atoms with E-state index >= 15 is 0 Å². The Labute approximate surface area is 113 Å². The van der Waals surface area contributed by atoms with Gasteiger partial charge in [0.2, 0.25) is 10.0 Å². The fourth-order valence-corrected chi connectivity index (χ4v) is 3.39. The van der Waals surface area contributed by atoms with E-state index in [-0.39, 0.29) is 21.5 Å². The highest BCUT2D eigenvalue weighted by atomic mass is 79.9. The lowest BCUT2D eigenvalue weighted by Gasteiger charge is -2.08. The molecular weight excluding hydrogens is 324 g/mol. The molecule has 0 aliphatic carbocycles. The first-order valence-electron chi connectivity index (χ1n) is 5.11. The Hall–Kier alpha value is -0.960. The molecule has 0 spiro atoms. The van der Waals surface area contributed by atoms with Crippen molar-refractivity contribution in [2.75, 3.05) is 13.1 Å². The molecule has 4 N–H and O–H groups in total. The van der Waals surface area contributed by atoms with Crippen molar-refractivity contribution in [3.8, 4) is 0 Å². The Morgan fingerprint density at radius 3 is 2.61 bits per heavy atom. The number of rotatable bonds is 6. The van der Waals surface area contributed by atoms with Crippen LogP contribution in [0.25, 0.3) is 0 Å². The third kappa shape index (κ3) is 3.77. The van der Waals surface area contributed by atoms with E-state index in [0.717, 1.165) is 0 Å². The molecule has 1 aromatic rings. The average molecular weight is 337 g/mol. The molecule has 0 bridgehead atoms. The van der Waals surface area contributed by atoms with E-state index in [4.69, 9.17) is 10.8 Å². The molecule has 0 saturated heterocycles. The Morgan fingerprint density at radius 2 is 2.11 bits per heavy atom. The number of halogens is 1. The number of hydrogen-bond donors (Lipinski definition) is 3. The third-order valence-electron chi connectivity index (χ3n) is 2.14. The molecule has 6 nitrogen and oxygen atoms in total. The van der Waals surface area contributed by atoms with Gasteiger partial charge in [0.15, 0.2) is 0 Å². The van der Waals surface area contributed by atoms with Crippen molar-refractivity contribution >= 4 is 31.9 Å². The highest BCUT2D eigenvalue weighted by molar-refractivity contribution is 9.10. The Balaban J connectivity index is 2.99. The molecular formula is C10H13BrN2O4S. The Morgan fingerprint density at radius 1 is 1.44 bits per heavy atom. The molecule has 0 atom stereocenters. The molecule has 100 valence electrons. The summed E-state index contributed by atoms with van der Waals surface area (Å²) >= 11 is 3.05. The van der Waals surface area contributed by atoms with E-state index in [0.29, 0.717) is 13.0 Å². The Bertz CT molecular complexity index is 545. The van der Waals surface area contributed by atoms with E-state index in [1.165, 1.54) is 18.2 Å². The van der Waals surface area contributed by atoms with Gasteiger partial charge in [-0.1, -0.05) is 0 Å². The summed E-state index contributed by atoms with van der Waals surface area (Å²) < 4.78 is 26.4. The molecule has 0 saturated carbocycles. The standard InChI is InChI=1S/C10H13BrN2O4S/c11-8-6-7(10(14)15)2-3-9(8)18(16,17)13-5-1-4-12/h2-3,6,13H,1,4-5,12H2,(H,14,15). The molecule has 18 heavy (non-hydrogen) atoms. The number of carbonyl (C=O) groups is 1. The van der Waals surface area contributed by atoms with Crippen molar-refractivity contribution in [1.29, 1.82) is 0 Å². The minimum atomic E-state index is -3.65. The first-order chi connectivity index (χ1) is 8.38.